The van der Waals surface area contributed by atoms with Crippen molar-refractivity contribution in [1.29, 1.82) is 5.26 Å². The van der Waals surface area contributed by atoms with E-state index >= 15 is 0 Å². The Morgan fingerprint density at radius 3 is 2.42 bits per heavy atom. The van der Waals surface area contributed by atoms with Crippen LogP contribution in [0.4, 0.5) is 0 Å². The van der Waals surface area contributed by atoms with Crippen LogP contribution in [0.2, 0.25) is 13.1 Å². The van der Waals surface area contributed by atoms with Crippen LogP contribution >= 0.6 is 0 Å². The zero-order chi connectivity index (χ0) is 26.2. The van der Waals surface area contributed by atoms with E-state index in [0.29, 0.717) is 0 Å². The number of hydrogen-bond acceptors (Lipinski definition) is 2. The minimum atomic E-state index is -1.89. The summed E-state index contributed by atoms with van der Waals surface area (Å²) in [5.41, 5.74) is 10.8. The lowest BCUT2D eigenvalue weighted by Gasteiger charge is -2.19. The van der Waals surface area contributed by atoms with E-state index in [9.17, 15) is 5.26 Å². The standard InChI is InChI=1S/C34H27N2OSi/c1-21-11-14-27-26-9-7-8-24(33(26)37-34(27)32(21)29-10-5-6-17-36(29)2)23-13-15-25-28-18-22(20-35)12-16-30(28)38(3,4)31(25)19-23/h5-19H,1-4H3/q+1. The summed E-state index contributed by atoms with van der Waals surface area (Å²) in [7, 11) is 0.189. The Morgan fingerprint density at radius 2 is 1.61 bits per heavy atom. The second kappa shape index (κ2) is 8.02. The highest BCUT2D eigenvalue weighted by Crippen LogP contribution is 2.41. The molecule has 3 heterocycles. The van der Waals surface area contributed by atoms with Gasteiger partial charge in [-0.25, -0.2) is 4.57 Å². The molecule has 1 aliphatic rings. The molecule has 0 fully saturated rings. The lowest BCUT2D eigenvalue weighted by atomic mass is 9.97. The van der Waals surface area contributed by atoms with E-state index in [1.807, 2.05) is 12.1 Å². The number of furan rings is 1. The largest absolute Gasteiger partial charge is 0.454 e. The van der Waals surface area contributed by atoms with Crippen molar-refractivity contribution in [2.45, 2.75) is 20.0 Å². The fraction of sp³-hybridized carbons (Fsp3) is 0.118. The van der Waals surface area contributed by atoms with Crippen molar-refractivity contribution in [3.63, 3.8) is 0 Å². The average molecular weight is 508 g/mol. The summed E-state index contributed by atoms with van der Waals surface area (Å²) in [6, 6.07) is 32.5. The molecule has 0 aliphatic carbocycles. The number of nitrogens with zero attached hydrogens (tertiary/aromatic N) is 2. The summed E-state index contributed by atoms with van der Waals surface area (Å²) in [5, 5.41) is 14.6. The topological polar surface area (TPSA) is 40.8 Å². The third-order valence-corrected chi connectivity index (χ3v) is 11.8. The summed E-state index contributed by atoms with van der Waals surface area (Å²) in [4.78, 5) is 0. The third kappa shape index (κ3) is 3.09. The van der Waals surface area contributed by atoms with Crippen molar-refractivity contribution in [2.24, 2.45) is 7.05 Å². The molecule has 4 aromatic carbocycles. The first-order valence-electron chi connectivity index (χ1n) is 13.0. The van der Waals surface area contributed by atoms with Crippen LogP contribution < -0.4 is 14.9 Å². The number of nitriles is 1. The fourth-order valence-electron chi connectivity index (χ4n) is 6.28. The van der Waals surface area contributed by atoms with Gasteiger partial charge in [-0.3, -0.25) is 0 Å². The molecule has 0 saturated carbocycles. The van der Waals surface area contributed by atoms with Gasteiger partial charge in [0.1, 0.15) is 26.3 Å². The quantitative estimate of drug-likeness (QED) is 0.193. The summed E-state index contributed by atoms with van der Waals surface area (Å²) in [6.45, 7) is 6.97. The molecule has 0 radical (unpaired) electrons. The van der Waals surface area contributed by atoms with Gasteiger partial charge in [0.05, 0.1) is 17.2 Å². The van der Waals surface area contributed by atoms with Crippen molar-refractivity contribution >= 4 is 40.4 Å². The molecule has 7 rings (SSSR count). The van der Waals surface area contributed by atoms with Crippen molar-refractivity contribution < 1.29 is 8.98 Å². The van der Waals surface area contributed by atoms with E-state index in [4.69, 9.17) is 4.42 Å². The van der Waals surface area contributed by atoms with Gasteiger partial charge in [-0.15, -0.1) is 0 Å². The first kappa shape index (κ1) is 22.7. The molecule has 0 spiro atoms. The average Bonchev–Trinajstić information content (AvgIpc) is 3.41. The Hall–Kier alpha value is -4.46. The van der Waals surface area contributed by atoms with Crippen LogP contribution in [0.5, 0.6) is 0 Å². The van der Waals surface area contributed by atoms with Crippen LogP contribution in [-0.4, -0.2) is 8.07 Å². The number of para-hydroxylation sites is 1. The number of aromatic nitrogens is 1. The van der Waals surface area contributed by atoms with E-state index in [0.717, 1.165) is 44.3 Å². The SMILES string of the molecule is Cc1ccc2c(oc3c(-c4ccc5c(c4)[Si](C)(C)c4ccc(C#N)cc4-5)cccc32)c1-c1cccc[n+]1C. The van der Waals surface area contributed by atoms with Crippen LogP contribution in [0.15, 0.2) is 95.5 Å². The van der Waals surface area contributed by atoms with Crippen LogP contribution in [0.1, 0.15) is 11.1 Å². The second-order valence-electron chi connectivity index (χ2n) is 10.9. The second-order valence-corrected chi connectivity index (χ2v) is 15.2. The molecule has 6 aromatic rings. The lowest BCUT2D eigenvalue weighted by Crippen LogP contribution is -2.49. The highest BCUT2D eigenvalue weighted by atomic mass is 28.3. The van der Waals surface area contributed by atoms with E-state index in [1.54, 1.807) is 0 Å². The van der Waals surface area contributed by atoms with Gasteiger partial charge in [0.15, 0.2) is 6.20 Å². The predicted molar refractivity (Wildman–Crippen MR) is 157 cm³/mol. The highest BCUT2D eigenvalue weighted by Gasteiger charge is 2.37. The molecule has 4 heteroatoms. The van der Waals surface area contributed by atoms with Gasteiger partial charge in [-0.05, 0) is 57.8 Å². The maximum atomic E-state index is 9.47. The number of fused-ring (bicyclic) bond motifs is 6. The first-order valence-corrected chi connectivity index (χ1v) is 16.0. The van der Waals surface area contributed by atoms with Gasteiger partial charge in [-0.2, -0.15) is 5.26 Å². The number of pyridine rings is 1. The Kier molecular flexibility index (Phi) is 4.79. The summed E-state index contributed by atoms with van der Waals surface area (Å²) in [5.74, 6) is 0. The zero-order valence-corrected chi connectivity index (χ0v) is 23.0. The molecule has 182 valence electrons. The fourth-order valence-corrected chi connectivity index (χ4v) is 9.36. The molecule has 0 N–H and O–H groups in total. The van der Waals surface area contributed by atoms with Crippen molar-refractivity contribution in [3.05, 3.63) is 102 Å². The number of aryl methyl sites for hydroxylation is 2. The minimum Gasteiger partial charge on any atom is -0.454 e. The number of hydrogen-bond donors (Lipinski definition) is 0. The first-order chi connectivity index (χ1) is 18.4. The van der Waals surface area contributed by atoms with Gasteiger partial charge in [0, 0.05) is 28.5 Å². The molecule has 1 aliphatic heterocycles. The van der Waals surface area contributed by atoms with E-state index in [-0.39, 0.29) is 0 Å². The van der Waals surface area contributed by atoms with Crippen molar-refractivity contribution in [1.82, 2.24) is 0 Å². The highest BCUT2D eigenvalue weighted by molar-refractivity contribution is 7.03. The summed E-state index contributed by atoms with van der Waals surface area (Å²) >= 11 is 0. The maximum absolute atomic E-state index is 9.47. The maximum Gasteiger partial charge on any atom is 0.216 e. The molecule has 2 aromatic heterocycles. The molecule has 3 nitrogen and oxygen atoms in total. The van der Waals surface area contributed by atoms with Crippen molar-refractivity contribution in [2.75, 3.05) is 0 Å². The third-order valence-electron chi connectivity index (χ3n) is 8.30. The molecular weight excluding hydrogens is 480 g/mol. The van der Waals surface area contributed by atoms with E-state index in [1.165, 1.54) is 32.6 Å². The molecular formula is C34H27N2OSi+. The molecule has 0 bridgehead atoms. The molecule has 0 atom stereocenters. The van der Waals surface area contributed by atoms with Crippen LogP contribution in [0.3, 0.4) is 0 Å². The van der Waals surface area contributed by atoms with Gasteiger partial charge < -0.3 is 4.42 Å². The van der Waals surface area contributed by atoms with Gasteiger partial charge in [-0.1, -0.05) is 67.7 Å². The summed E-state index contributed by atoms with van der Waals surface area (Å²) < 4.78 is 8.94. The van der Waals surface area contributed by atoms with E-state index < -0.39 is 8.07 Å². The lowest BCUT2D eigenvalue weighted by molar-refractivity contribution is -0.660. The van der Waals surface area contributed by atoms with Gasteiger partial charge in [0.25, 0.3) is 0 Å². The molecule has 0 saturated heterocycles. The Balaban J connectivity index is 1.46. The zero-order valence-electron chi connectivity index (χ0n) is 22.0. The monoisotopic (exact) mass is 507 g/mol. The van der Waals surface area contributed by atoms with Gasteiger partial charge >= 0.3 is 0 Å². The Bertz CT molecular complexity index is 1990. The summed E-state index contributed by atoms with van der Waals surface area (Å²) in [6.07, 6.45) is 2.08. The smallest absolute Gasteiger partial charge is 0.216 e. The molecule has 0 amide bonds. The predicted octanol–water partition coefficient (Wildman–Crippen LogP) is 6.73. The van der Waals surface area contributed by atoms with E-state index in [2.05, 4.69) is 117 Å². The van der Waals surface area contributed by atoms with Crippen LogP contribution in [0, 0.1) is 18.3 Å². The molecule has 0 unspecified atom stereocenters. The minimum absolute atomic E-state index is 0.718. The normalized spacial score (nSPS) is 13.4. The Labute approximate surface area is 223 Å². The van der Waals surface area contributed by atoms with Crippen LogP contribution in [-0.2, 0) is 7.05 Å². The Morgan fingerprint density at radius 1 is 0.763 bits per heavy atom. The van der Waals surface area contributed by atoms with Crippen molar-refractivity contribution in [3.8, 4) is 39.6 Å². The van der Waals surface area contributed by atoms with Crippen LogP contribution in [0.25, 0.3) is 55.4 Å². The number of benzene rings is 4. The molecule has 38 heavy (non-hydrogen) atoms. The number of rotatable bonds is 2. The van der Waals surface area contributed by atoms with Gasteiger partial charge in [0.2, 0.25) is 5.69 Å².